The Morgan fingerprint density at radius 1 is 1.00 bits per heavy atom. The third-order valence-electron chi connectivity index (χ3n) is 3.91. The highest BCUT2D eigenvalue weighted by Crippen LogP contribution is 2.33. The van der Waals surface area contributed by atoms with Gasteiger partial charge < -0.3 is 9.80 Å². The third-order valence-corrected chi connectivity index (χ3v) is 3.91. The molecule has 4 nitrogen and oxygen atoms in total. The zero-order valence-electron chi connectivity index (χ0n) is 13.3. The number of halogens is 3. The monoisotopic (exact) mass is 340 g/mol. The van der Waals surface area contributed by atoms with Crippen molar-refractivity contribution in [2.75, 3.05) is 26.2 Å². The van der Waals surface area contributed by atoms with E-state index in [0.717, 1.165) is 0 Å². The highest BCUT2D eigenvalue weighted by molar-refractivity contribution is 5.96. The predicted octanol–water partition coefficient (Wildman–Crippen LogP) is 2.71. The van der Waals surface area contributed by atoms with Crippen molar-refractivity contribution in [3.63, 3.8) is 0 Å². The van der Waals surface area contributed by atoms with Gasteiger partial charge >= 0.3 is 6.18 Å². The second-order valence-corrected chi connectivity index (χ2v) is 5.61. The minimum absolute atomic E-state index is 0.0430. The first-order chi connectivity index (χ1) is 11.3. The average molecular weight is 340 g/mol. The molecule has 130 valence electrons. The third kappa shape index (κ3) is 4.59. The molecule has 0 aliphatic carbocycles. The Balaban J connectivity index is 2.20. The Morgan fingerprint density at radius 3 is 2.17 bits per heavy atom. The van der Waals surface area contributed by atoms with E-state index < -0.39 is 17.7 Å². The molecular formula is C17H19F3N2O2. The van der Waals surface area contributed by atoms with Crippen molar-refractivity contribution in [3.05, 3.63) is 42.0 Å². The summed E-state index contributed by atoms with van der Waals surface area (Å²) in [6, 6.07) is 7.26. The largest absolute Gasteiger partial charge is 0.417 e. The van der Waals surface area contributed by atoms with Gasteiger partial charge in [-0.1, -0.05) is 30.3 Å². The first kappa shape index (κ1) is 18.0. The summed E-state index contributed by atoms with van der Waals surface area (Å²) in [5.74, 6) is -0.781. The number of nitrogens with zero attached hydrogens (tertiary/aromatic N) is 2. The number of allylic oxidation sites excluding steroid dienone is 1. The summed E-state index contributed by atoms with van der Waals surface area (Å²) in [5.41, 5.74) is -1.00. The molecular weight excluding hydrogens is 321 g/mol. The van der Waals surface area contributed by atoms with Gasteiger partial charge in [-0.3, -0.25) is 9.59 Å². The average Bonchev–Trinajstić information content (AvgIpc) is 2.78. The van der Waals surface area contributed by atoms with Gasteiger partial charge in [-0.15, -0.1) is 0 Å². The maximum absolute atomic E-state index is 13.3. The van der Waals surface area contributed by atoms with Crippen LogP contribution in [-0.2, 0) is 9.59 Å². The fraction of sp³-hybridized carbons (Fsp3) is 0.412. The zero-order valence-corrected chi connectivity index (χ0v) is 13.3. The number of alkyl halides is 3. The smallest absolute Gasteiger partial charge is 0.341 e. The van der Waals surface area contributed by atoms with Crippen molar-refractivity contribution < 1.29 is 22.8 Å². The van der Waals surface area contributed by atoms with Crippen molar-refractivity contribution >= 4 is 17.4 Å². The Hall–Kier alpha value is -2.31. The van der Waals surface area contributed by atoms with E-state index >= 15 is 0 Å². The molecule has 0 radical (unpaired) electrons. The molecule has 1 heterocycles. The summed E-state index contributed by atoms with van der Waals surface area (Å²) in [4.78, 5) is 26.6. The summed E-state index contributed by atoms with van der Waals surface area (Å²) >= 11 is 0. The summed E-state index contributed by atoms with van der Waals surface area (Å²) in [7, 11) is 0. The standard InChI is InChI=1S/C17H19F3N2O2/c1-13(23)21-8-5-9-22(11-10-21)16(24)12-15(17(18,19)20)14-6-3-2-4-7-14/h2-4,6-7,12H,5,8-11H2,1H3. The lowest BCUT2D eigenvalue weighted by atomic mass is 10.0. The van der Waals surface area contributed by atoms with Crippen LogP contribution in [0.1, 0.15) is 18.9 Å². The van der Waals surface area contributed by atoms with Crippen LogP contribution in [0.5, 0.6) is 0 Å². The molecule has 0 saturated carbocycles. The summed E-state index contributed by atoms with van der Waals surface area (Å²) in [6.07, 6.45) is -3.42. The minimum atomic E-state index is -4.62. The van der Waals surface area contributed by atoms with Gasteiger partial charge in [0, 0.05) is 39.2 Å². The summed E-state index contributed by atoms with van der Waals surface area (Å²) < 4.78 is 39.9. The summed E-state index contributed by atoms with van der Waals surface area (Å²) in [5, 5.41) is 0. The molecule has 0 N–H and O–H groups in total. The van der Waals surface area contributed by atoms with Gasteiger partial charge in [-0.05, 0) is 12.0 Å². The lowest BCUT2D eigenvalue weighted by molar-refractivity contribution is -0.130. The van der Waals surface area contributed by atoms with Crippen molar-refractivity contribution in [1.29, 1.82) is 0 Å². The van der Waals surface area contributed by atoms with E-state index in [1.54, 1.807) is 11.0 Å². The Bertz CT molecular complexity index is 626. The van der Waals surface area contributed by atoms with Crippen molar-refractivity contribution in [2.45, 2.75) is 19.5 Å². The highest BCUT2D eigenvalue weighted by atomic mass is 19.4. The van der Waals surface area contributed by atoms with Crippen LogP contribution in [0.2, 0.25) is 0 Å². The van der Waals surface area contributed by atoms with E-state index in [4.69, 9.17) is 0 Å². The number of amides is 2. The number of benzene rings is 1. The molecule has 1 saturated heterocycles. The lowest BCUT2D eigenvalue weighted by Crippen LogP contribution is -2.36. The fourth-order valence-corrected chi connectivity index (χ4v) is 2.61. The quantitative estimate of drug-likeness (QED) is 0.777. The van der Waals surface area contributed by atoms with Crippen molar-refractivity contribution in [2.24, 2.45) is 0 Å². The molecule has 1 aromatic carbocycles. The molecule has 0 aromatic heterocycles. The highest BCUT2D eigenvalue weighted by Gasteiger charge is 2.35. The van der Waals surface area contributed by atoms with E-state index in [9.17, 15) is 22.8 Å². The van der Waals surface area contributed by atoms with Crippen molar-refractivity contribution in [1.82, 2.24) is 9.80 Å². The molecule has 0 bridgehead atoms. The molecule has 0 unspecified atom stereocenters. The molecule has 1 aromatic rings. The number of rotatable bonds is 2. The summed E-state index contributed by atoms with van der Waals surface area (Å²) in [6.45, 7) is 2.84. The van der Waals surface area contributed by atoms with Crippen LogP contribution in [0.3, 0.4) is 0 Å². The number of carbonyl (C=O) groups excluding carboxylic acids is 2. The van der Waals surface area contributed by atoms with Gasteiger partial charge in [0.15, 0.2) is 0 Å². The maximum Gasteiger partial charge on any atom is 0.417 e. The van der Waals surface area contributed by atoms with Crippen molar-refractivity contribution in [3.8, 4) is 0 Å². The molecule has 2 rings (SSSR count). The number of hydrogen-bond donors (Lipinski definition) is 0. The Morgan fingerprint density at radius 2 is 1.58 bits per heavy atom. The lowest BCUT2D eigenvalue weighted by Gasteiger charge is -2.21. The molecule has 1 fully saturated rings. The number of carbonyl (C=O) groups is 2. The van der Waals surface area contributed by atoms with Crippen LogP contribution >= 0.6 is 0 Å². The van der Waals surface area contributed by atoms with Gasteiger partial charge in [0.2, 0.25) is 11.8 Å². The first-order valence-corrected chi connectivity index (χ1v) is 7.68. The molecule has 1 aliphatic rings. The minimum Gasteiger partial charge on any atom is -0.341 e. The van der Waals surface area contributed by atoms with Crippen LogP contribution in [0.4, 0.5) is 13.2 Å². The molecule has 0 spiro atoms. The fourth-order valence-electron chi connectivity index (χ4n) is 2.61. The van der Waals surface area contributed by atoms with Crippen LogP contribution in [0.25, 0.3) is 5.57 Å². The molecule has 1 aliphatic heterocycles. The van der Waals surface area contributed by atoms with E-state index in [2.05, 4.69) is 0 Å². The Kier molecular flexibility index (Phi) is 5.64. The topological polar surface area (TPSA) is 40.6 Å². The second kappa shape index (κ2) is 7.51. The second-order valence-electron chi connectivity index (χ2n) is 5.61. The van der Waals surface area contributed by atoms with Crippen LogP contribution < -0.4 is 0 Å². The SMILES string of the molecule is CC(=O)N1CCCN(C(=O)C=C(c2ccccc2)C(F)(F)F)CC1. The maximum atomic E-state index is 13.3. The number of hydrogen-bond acceptors (Lipinski definition) is 2. The van der Waals surface area contributed by atoms with E-state index in [1.165, 1.54) is 36.1 Å². The molecule has 7 heteroatoms. The zero-order chi connectivity index (χ0) is 17.7. The van der Waals surface area contributed by atoms with Gasteiger partial charge in [-0.25, -0.2) is 0 Å². The van der Waals surface area contributed by atoms with Gasteiger partial charge in [0.25, 0.3) is 0 Å². The first-order valence-electron chi connectivity index (χ1n) is 7.68. The molecule has 2 amide bonds. The predicted molar refractivity (Wildman–Crippen MR) is 83.9 cm³/mol. The van der Waals surface area contributed by atoms with Gasteiger partial charge in [0.1, 0.15) is 0 Å². The van der Waals surface area contributed by atoms with Gasteiger partial charge in [-0.2, -0.15) is 13.2 Å². The van der Waals surface area contributed by atoms with E-state index in [1.807, 2.05) is 0 Å². The van der Waals surface area contributed by atoms with E-state index in [0.29, 0.717) is 32.1 Å². The van der Waals surface area contributed by atoms with Crippen LogP contribution in [-0.4, -0.2) is 54.0 Å². The Labute approximate surface area is 138 Å². The molecule has 0 atom stereocenters. The van der Waals surface area contributed by atoms with E-state index in [-0.39, 0.29) is 18.0 Å². The van der Waals surface area contributed by atoms with Gasteiger partial charge in [0.05, 0.1) is 5.57 Å². The van der Waals surface area contributed by atoms with Crippen LogP contribution in [0, 0.1) is 0 Å². The molecule has 24 heavy (non-hydrogen) atoms. The normalized spacial score (nSPS) is 16.8. The van der Waals surface area contributed by atoms with Crippen LogP contribution in [0.15, 0.2) is 36.4 Å².